The molecule has 2 N–H and O–H groups in total. The van der Waals surface area contributed by atoms with Crippen molar-refractivity contribution in [2.24, 2.45) is 5.73 Å². The van der Waals surface area contributed by atoms with Gasteiger partial charge < -0.3 is 15.2 Å². The lowest BCUT2D eigenvalue weighted by Crippen LogP contribution is -2.49. The first-order valence-electron chi connectivity index (χ1n) is 7.65. The van der Waals surface area contributed by atoms with Crippen molar-refractivity contribution in [3.8, 4) is 5.75 Å². The molecular weight excluding hydrogens is 264 g/mol. The van der Waals surface area contributed by atoms with E-state index in [2.05, 4.69) is 30.9 Å². The van der Waals surface area contributed by atoms with Gasteiger partial charge in [0.2, 0.25) is 0 Å². The number of benzene rings is 1. The molecule has 0 aromatic heterocycles. The third kappa shape index (κ3) is 3.96. The summed E-state index contributed by atoms with van der Waals surface area (Å²) in [6.45, 7) is 7.11. The van der Waals surface area contributed by atoms with E-state index in [1.165, 1.54) is 5.56 Å². The molecule has 21 heavy (non-hydrogen) atoms. The molecule has 4 nitrogen and oxygen atoms in total. The molecule has 0 aliphatic carbocycles. The van der Waals surface area contributed by atoms with E-state index in [1.54, 1.807) is 14.2 Å². The Morgan fingerprint density at radius 2 is 2.14 bits per heavy atom. The number of aryl methyl sites for hydroxylation is 1. The zero-order chi connectivity index (χ0) is 15.5. The van der Waals surface area contributed by atoms with E-state index in [0.29, 0.717) is 0 Å². The summed E-state index contributed by atoms with van der Waals surface area (Å²) in [7, 11) is 3.50. The molecule has 1 fully saturated rings. The van der Waals surface area contributed by atoms with Gasteiger partial charge in [-0.15, -0.1) is 0 Å². The molecule has 1 aromatic rings. The van der Waals surface area contributed by atoms with Crippen LogP contribution in [0.3, 0.4) is 0 Å². The Labute approximate surface area is 128 Å². The molecule has 2 rings (SSSR count). The van der Waals surface area contributed by atoms with Crippen LogP contribution in [0.15, 0.2) is 18.2 Å². The van der Waals surface area contributed by atoms with Crippen LogP contribution >= 0.6 is 0 Å². The predicted octanol–water partition coefficient (Wildman–Crippen LogP) is 2.50. The van der Waals surface area contributed by atoms with E-state index in [4.69, 9.17) is 15.2 Å². The van der Waals surface area contributed by atoms with Crippen LogP contribution in [0.1, 0.15) is 36.9 Å². The average molecular weight is 292 g/mol. The molecule has 0 amide bonds. The zero-order valence-corrected chi connectivity index (χ0v) is 13.7. The Balaban J connectivity index is 2.07. The van der Waals surface area contributed by atoms with Crippen LogP contribution in [0.4, 0.5) is 0 Å². The topological polar surface area (TPSA) is 47.7 Å². The Hall–Kier alpha value is -1.10. The lowest BCUT2D eigenvalue weighted by molar-refractivity contribution is -0.0517. The van der Waals surface area contributed by atoms with Gasteiger partial charge in [0.15, 0.2) is 0 Å². The predicted molar refractivity (Wildman–Crippen MR) is 85.7 cm³/mol. The fraction of sp³-hybridized carbons (Fsp3) is 0.647. The van der Waals surface area contributed by atoms with Gasteiger partial charge in [0.05, 0.1) is 12.7 Å². The highest BCUT2D eigenvalue weighted by Crippen LogP contribution is 2.28. The van der Waals surface area contributed by atoms with Crippen LogP contribution in [0.25, 0.3) is 0 Å². The Bertz CT molecular complexity index is 478. The van der Waals surface area contributed by atoms with E-state index >= 15 is 0 Å². The van der Waals surface area contributed by atoms with Gasteiger partial charge >= 0.3 is 0 Å². The van der Waals surface area contributed by atoms with Crippen molar-refractivity contribution in [3.63, 3.8) is 0 Å². The minimum Gasteiger partial charge on any atom is -0.496 e. The van der Waals surface area contributed by atoms with Gasteiger partial charge in [-0.25, -0.2) is 0 Å². The van der Waals surface area contributed by atoms with Crippen molar-refractivity contribution in [2.45, 2.75) is 38.3 Å². The summed E-state index contributed by atoms with van der Waals surface area (Å²) in [6, 6.07) is 6.14. The molecule has 1 aromatic carbocycles. The number of likely N-dealkylation sites (tertiary alicyclic amines) is 1. The highest BCUT2D eigenvalue weighted by molar-refractivity contribution is 5.39. The Morgan fingerprint density at radius 3 is 2.81 bits per heavy atom. The summed E-state index contributed by atoms with van der Waals surface area (Å²) in [5, 5.41) is 0. The van der Waals surface area contributed by atoms with Crippen molar-refractivity contribution in [3.05, 3.63) is 29.3 Å². The quantitative estimate of drug-likeness (QED) is 0.906. The first-order valence-corrected chi connectivity index (χ1v) is 7.65. The molecule has 0 radical (unpaired) electrons. The smallest absolute Gasteiger partial charge is 0.123 e. The van der Waals surface area contributed by atoms with Crippen molar-refractivity contribution < 1.29 is 9.47 Å². The molecule has 1 heterocycles. The van der Waals surface area contributed by atoms with Gasteiger partial charge in [-0.3, -0.25) is 4.90 Å². The number of nitrogens with two attached hydrogens (primary N) is 1. The highest BCUT2D eigenvalue weighted by atomic mass is 16.5. The summed E-state index contributed by atoms with van der Waals surface area (Å²) in [5.41, 5.74) is 8.69. The summed E-state index contributed by atoms with van der Waals surface area (Å²) in [5.74, 6) is 0.875. The molecule has 118 valence electrons. The number of hydrogen-bond acceptors (Lipinski definition) is 4. The van der Waals surface area contributed by atoms with Gasteiger partial charge in [-0.05, 0) is 39.3 Å². The lowest BCUT2D eigenvalue weighted by Gasteiger charge is -2.40. The summed E-state index contributed by atoms with van der Waals surface area (Å²) in [6.07, 6.45) is 2.27. The van der Waals surface area contributed by atoms with Gasteiger partial charge in [-0.1, -0.05) is 17.7 Å². The van der Waals surface area contributed by atoms with Crippen LogP contribution in [0.2, 0.25) is 0 Å². The van der Waals surface area contributed by atoms with Gasteiger partial charge in [0, 0.05) is 31.8 Å². The summed E-state index contributed by atoms with van der Waals surface area (Å²) in [4.78, 5) is 2.40. The minimum absolute atomic E-state index is 0.0425. The van der Waals surface area contributed by atoms with Crippen molar-refractivity contribution in [1.82, 2.24) is 4.90 Å². The monoisotopic (exact) mass is 292 g/mol. The molecule has 1 aliphatic rings. The van der Waals surface area contributed by atoms with E-state index in [9.17, 15) is 0 Å². The Kier molecular flexibility index (Phi) is 5.25. The second-order valence-corrected chi connectivity index (χ2v) is 6.34. The van der Waals surface area contributed by atoms with Crippen LogP contribution in [0, 0.1) is 6.92 Å². The van der Waals surface area contributed by atoms with E-state index in [1.807, 2.05) is 6.07 Å². The molecule has 0 bridgehead atoms. The molecule has 2 unspecified atom stereocenters. The highest BCUT2D eigenvalue weighted by Gasteiger charge is 2.31. The number of ether oxygens (including phenoxy) is 2. The van der Waals surface area contributed by atoms with Gasteiger partial charge in [0.25, 0.3) is 0 Å². The van der Waals surface area contributed by atoms with Crippen LogP contribution in [0.5, 0.6) is 5.75 Å². The molecule has 2 atom stereocenters. The maximum Gasteiger partial charge on any atom is 0.123 e. The standard InChI is InChI=1S/C17H28N2O2/c1-13-6-7-16(20-3)14(10-13)15(18)11-19-9-5-8-17(2,12-19)21-4/h6-7,10,15H,5,8-9,11-12,18H2,1-4H3. The molecule has 1 aliphatic heterocycles. The first-order chi connectivity index (χ1) is 9.97. The first kappa shape index (κ1) is 16.3. The molecule has 0 spiro atoms. The third-order valence-corrected chi connectivity index (χ3v) is 4.47. The van der Waals surface area contributed by atoms with Crippen molar-refractivity contribution in [2.75, 3.05) is 33.9 Å². The maximum absolute atomic E-state index is 6.44. The number of piperidine rings is 1. The van der Waals surface area contributed by atoms with Crippen LogP contribution < -0.4 is 10.5 Å². The third-order valence-electron chi connectivity index (χ3n) is 4.47. The zero-order valence-electron chi connectivity index (χ0n) is 13.7. The van der Waals surface area contributed by atoms with E-state index in [0.717, 1.165) is 43.8 Å². The van der Waals surface area contributed by atoms with Crippen molar-refractivity contribution in [1.29, 1.82) is 0 Å². The number of hydrogen-bond donors (Lipinski definition) is 1. The van der Waals surface area contributed by atoms with E-state index in [-0.39, 0.29) is 11.6 Å². The average Bonchev–Trinajstić information content (AvgIpc) is 2.47. The van der Waals surface area contributed by atoms with Crippen molar-refractivity contribution >= 4 is 0 Å². The largest absolute Gasteiger partial charge is 0.496 e. The number of methoxy groups -OCH3 is 2. The molecule has 0 saturated carbocycles. The lowest BCUT2D eigenvalue weighted by atomic mass is 9.93. The molecular formula is C17H28N2O2. The van der Waals surface area contributed by atoms with Gasteiger partial charge in [0.1, 0.15) is 5.75 Å². The Morgan fingerprint density at radius 1 is 1.38 bits per heavy atom. The summed E-state index contributed by atoms with van der Waals surface area (Å²) < 4.78 is 11.1. The number of rotatable bonds is 5. The van der Waals surface area contributed by atoms with Crippen LogP contribution in [-0.4, -0.2) is 44.4 Å². The van der Waals surface area contributed by atoms with Gasteiger partial charge in [-0.2, -0.15) is 0 Å². The normalized spacial score (nSPS) is 24.8. The summed E-state index contributed by atoms with van der Waals surface area (Å²) >= 11 is 0. The fourth-order valence-electron chi connectivity index (χ4n) is 3.15. The second kappa shape index (κ2) is 6.77. The SMILES string of the molecule is COc1ccc(C)cc1C(N)CN1CCCC(C)(OC)C1. The van der Waals surface area contributed by atoms with E-state index < -0.39 is 0 Å². The van der Waals surface area contributed by atoms with Crippen LogP contribution in [-0.2, 0) is 4.74 Å². The maximum atomic E-state index is 6.44. The fourth-order valence-corrected chi connectivity index (χ4v) is 3.15. The second-order valence-electron chi connectivity index (χ2n) is 6.34. The molecule has 4 heteroatoms. The minimum atomic E-state index is -0.0470. The molecule has 1 saturated heterocycles. The number of nitrogens with zero attached hydrogens (tertiary/aromatic N) is 1.